The number of H-pyrrole nitrogens is 1. The lowest BCUT2D eigenvalue weighted by atomic mass is 10.1. The largest absolute Gasteiger partial charge is 0.493 e. The molecule has 3 aromatic rings. The number of benzene rings is 2. The number of unbranched alkanes of at least 4 members (excludes halogenated alkanes) is 2. The lowest BCUT2D eigenvalue weighted by Gasteiger charge is -2.17. The molecule has 0 amide bonds. The number of rotatable bonds is 9. The van der Waals surface area contributed by atoms with Gasteiger partial charge < -0.3 is 14.6 Å². The van der Waals surface area contributed by atoms with Gasteiger partial charge in [-0.05, 0) is 57.1 Å². The predicted octanol–water partition coefficient (Wildman–Crippen LogP) is 5.23. The monoisotopic (exact) mass is 386 g/mol. The van der Waals surface area contributed by atoms with Crippen molar-refractivity contribution in [1.82, 2.24) is 9.88 Å². The molecule has 1 N–H and O–H groups in total. The Bertz CT molecular complexity index is 964. The number of nitrogens with zero attached hydrogens (tertiary/aromatic N) is 1. The second-order valence-corrected chi connectivity index (χ2v) is 7.17. The van der Waals surface area contributed by atoms with Gasteiger partial charge in [-0.15, -0.1) is 0 Å². The van der Waals surface area contributed by atoms with E-state index in [1.807, 2.05) is 30.3 Å². The van der Waals surface area contributed by atoms with Crippen molar-refractivity contribution in [3.8, 4) is 5.75 Å². The van der Waals surface area contributed by atoms with E-state index in [-0.39, 0.29) is 5.43 Å². The van der Waals surface area contributed by atoms with E-state index in [9.17, 15) is 4.79 Å². The summed E-state index contributed by atoms with van der Waals surface area (Å²) in [4.78, 5) is 18.4. The smallest absolute Gasteiger partial charge is 0.198 e. The Labute approximate surface area is 165 Å². The van der Waals surface area contributed by atoms with Crippen LogP contribution in [-0.4, -0.2) is 36.1 Å². The molecular formula is C22H27ClN2O2. The van der Waals surface area contributed by atoms with Gasteiger partial charge in [0.2, 0.25) is 0 Å². The summed E-state index contributed by atoms with van der Waals surface area (Å²) in [5.74, 6) is 0.696. The lowest BCUT2D eigenvalue weighted by molar-refractivity contribution is 0.277. The van der Waals surface area contributed by atoms with E-state index < -0.39 is 0 Å². The Morgan fingerprint density at radius 2 is 1.81 bits per heavy atom. The number of pyridine rings is 1. The van der Waals surface area contributed by atoms with Crippen molar-refractivity contribution in [1.29, 1.82) is 0 Å². The van der Waals surface area contributed by atoms with Gasteiger partial charge in [-0.3, -0.25) is 4.79 Å². The molecule has 0 bridgehead atoms. The fourth-order valence-electron chi connectivity index (χ4n) is 3.41. The summed E-state index contributed by atoms with van der Waals surface area (Å²) in [6.07, 6.45) is 3.33. The maximum absolute atomic E-state index is 12.7. The zero-order valence-corrected chi connectivity index (χ0v) is 16.8. The second kappa shape index (κ2) is 9.25. The number of hydrogen-bond acceptors (Lipinski definition) is 3. The average molecular weight is 387 g/mol. The lowest BCUT2D eigenvalue weighted by Crippen LogP contribution is -2.23. The van der Waals surface area contributed by atoms with Crippen LogP contribution in [0, 0.1) is 0 Å². The van der Waals surface area contributed by atoms with Crippen molar-refractivity contribution in [3.63, 3.8) is 0 Å². The molecule has 0 saturated heterocycles. The van der Waals surface area contributed by atoms with Crippen LogP contribution < -0.4 is 10.2 Å². The minimum atomic E-state index is -0.0488. The molecule has 2 aromatic carbocycles. The van der Waals surface area contributed by atoms with Crippen LogP contribution in [0.5, 0.6) is 5.75 Å². The number of nitrogens with one attached hydrogen (secondary N) is 1. The summed E-state index contributed by atoms with van der Waals surface area (Å²) in [5.41, 5.74) is 1.47. The van der Waals surface area contributed by atoms with Crippen LogP contribution in [0.25, 0.3) is 21.8 Å². The van der Waals surface area contributed by atoms with Crippen molar-refractivity contribution in [3.05, 3.63) is 51.6 Å². The normalized spacial score (nSPS) is 11.6. The molecular weight excluding hydrogens is 360 g/mol. The van der Waals surface area contributed by atoms with Crippen LogP contribution in [0.4, 0.5) is 0 Å². The van der Waals surface area contributed by atoms with Crippen LogP contribution in [0.1, 0.15) is 33.1 Å². The van der Waals surface area contributed by atoms with E-state index >= 15 is 0 Å². The van der Waals surface area contributed by atoms with Crippen molar-refractivity contribution in [2.75, 3.05) is 26.2 Å². The summed E-state index contributed by atoms with van der Waals surface area (Å²) in [5, 5.41) is 1.59. The summed E-state index contributed by atoms with van der Waals surface area (Å²) in [6, 6.07) is 11.1. The molecule has 0 aliphatic rings. The highest BCUT2D eigenvalue weighted by Crippen LogP contribution is 2.27. The molecule has 1 aromatic heterocycles. The van der Waals surface area contributed by atoms with Gasteiger partial charge in [-0.2, -0.15) is 0 Å². The number of para-hydroxylation sites is 1. The molecule has 0 spiro atoms. The van der Waals surface area contributed by atoms with Crippen LogP contribution >= 0.6 is 11.6 Å². The quantitative estimate of drug-likeness (QED) is 0.404. The van der Waals surface area contributed by atoms with E-state index in [0.29, 0.717) is 33.7 Å². The van der Waals surface area contributed by atoms with Gasteiger partial charge in [0, 0.05) is 17.0 Å². The zero-order chi connectivity index (χ0) is 19.2. The van der Waals surface area contributed by atoms with Gasteiger partial charge in [-0.1, -0.05) is 37.6 Å². The van der Waals surface area contributed by atoms with Gasteiger partial charge in [0.05, 0.1) is 22.5 Å². The molecule has 0 aliphatic heterocycles. The molecule has 3 rings (SSSR count). The van der Waals surface area contributed by atoms with Crippen molar-refractivity contribution in [2.24, 2.45) is 0 Å². The van der Waals surface area contributed by atoms with Crippen molar-refractivity contribution < 1.29 is 4.74 Å². The van der Waals surface area contributed by atoms with Gasteiger partial charge in [0.15, 0.2) is 5.43 Å². The number of aromatic amines is 1. The molecule has 27 heavy (non-hydrogen) atoms. The van der Waals surface area contributed by atoms with Gasteiger partial charge >= 0.3 is 0 Å². The van der Waals surface area contributed by atoms with Crippen LogP contribution in [0.15, 0.2) is 41.2 Å². The fraction of sp³-hybridized carbons (Fsp3) is 0.409. The number of ether oxygens (including phenoxy) is 1. The third-order valence-corrected chi connectivity index (χ3v) is 5.31. The van der Waals surface area contributed by atoms with E-state index in [1.165, 1.54) is 6.42 Å². The Morgan fingerprint density at radius 3 is 2.59 bits per heavy atom. The second-order valence-electron chi connectivity index (χ2n) is 6.76. The van der Waals surface area contributed by atoms with E-state index in [2.05, 4.69) is 23.7 Å². The maximum atomic E-state index is 12.7. The third-order valence-electron chi connectivity index (χ3n) is 5.01. The zero-order valence-electron chi connectivity index (χ0n) is 16.1. The Balaban J connectivity index is 1.66. The maximum Gasteiger partial charge on any atom is 0.198 e. The molecule has 1 heterocycles. The Kier molecular flexibility index (Phi) is 6.75. The first-order chi connectivity index (χ1) is 13.1. The minimum absolute atomic E-state index is 0.0488. The molecule has 0 saturated carbocycles. The SMILES string of the molecule is CCN(CC)CCCCCOc1cc(Cl)c2c(=O)c3ccccc3[nH]c2c1. The van der Waals surface area contributed by atoms with Crippen molar-refractivity contribution >= 4 is 33.4 Å². The summed E-state index contributed by atoms with van der Waals surface area (Å²) in [7, 11) is 0. The van der Waals surface area contributed by atoms with E-state index in [1.54, 1.807) is 6.07 Å². The number of fused-ring (bicyclic) bond motifs is 2. The van der Waals surface area contributed by atoms with Crippen LogP contribution in [0.2, 0.25) is 5.02 Å². The highest BCUT2D eigenvalue weighted by Gasteiger charge is 2.11. The van der Waals surface area contributed by atoms with Crippen LogP contribution in [0.3, 0.4) is 0 Å². The number of halogens is 1. The Hall–Kier alpha value is -2.04. The standard InChI is InChI=1S/C22H27ClN2O2/c1-3-25(4-2)12-8-5-9-13-27-16-14-18(23)21-20(15-16)24-19-11-7-6-10-17(19)22(21)26/h6-7,10-11,14-15H,3-5,8-9,12-13H2,1-2H3,(H,24,26). The highest BCUT2D eigenvalue weighted by molar-refractivity contribution is 6.35. The summed E-state index contributed by atoms with van der Waals surface area (Å²) >= 11 is 6.39. The van der Waals surface area contributed by atoms with E-state index in [4.69, 9.17) is 16.3 Å². The third kappa shape index (κ3) is 4.63. The van der Waals surface area contributed by atoms with Crippen LogP contribution in [-0.2, 0) is 0 Å². The molecule has 0 aliphatic carbocycles. The first-order valence-electron chi connectivity index (χ1n) is 9.73. The Morgan fingerprint density at radius 1 is 1.04 bits per heavy atom. The molecule has 0 fully saturated rings. The molecule has 0 unspecified atom stereocenters. The first-order valence-corrected chi connectivity index (χ1v) is 10.1. The van der Waals surface area contributed by atoms with Crippen molar-refractivity contribution in [2.45, 2.75) is 33.1 Å². The fourth-order valence-corrected chi connectivity index (χ4v) is 3.70. The topological polar surface area (TPSA) is 45.3 Å². The molecule has 0 atom stereocenters. The molecule has 0 radical (unpaired) electrons. The van der Waals surface area contributed by atoms with E-state index in [0.717, 1.165) is 38.0 Å². The van der Waals surface area contributed by atoms with Gasteiger partial charge in [0.25, 0.3) is 0 Å². The molecule has 144 valence electrons. The van der Waals surface area contributed by atoms with Gasteiger partial charge in [-0.25, -0.2) is 0 Å². The number of aromatic nitrogens is 1. The predicted molar refractivity (Wildman–Crippen MR) is 114 cm³/mol. The highest BCUT2D eigenvalue weighted by atomic mass is 35.5. The summed E-state index contributed by atoms with van der Waals surface area (Å²) < 4.78 is 5.89. The van der Waals surface area contributed by atoms with Gasteiger partial charge in [0.1, 0.15) is 5.75 Å². The first kappa shape index (κ1) is 19.7. The summed E-state index contributed by atoms with van der Waals surface area (Å²) in [6.45, 7) is 8.40. The minimum Gasteiger partial charge on any atom is -0.493 e. The number of hydrogen-bond donors (Lipinski definition) is 1. The average Bonchev–Trinajstić information content (AvgIpc) is 2.67. The molecule has 4 nitrogen and oxygen atoms in total. The molecule has 5 heteroatoms.